The molecular formula is C21H21Cl3N6O. The van der Waals surface area contributed by atoms with E-state index in [0.29, 0.717) is 29.4 Å². The van der Waals surface area contributed by atoms with Crippen LogP contribution in [0.15, 0.2) is 49.2 Å². The summed E-state index contributed by atoms with van der Waals surface area (Å²) in [7, 11) is 0. The third-order valence-corrected chi connectivity index (χ3v) is 5.37. The van der Waals surface area contributed by atoms with Crippen LogP contribution in [0, 0.1) is 6.92 Å². The summed E-state index contributed by atoms with van der Waals surface area (Å²) in [6.07, 6.45) is 6.83. The van der Waals surface area contributed by atoms with Gasteiger partial charge in [-0.25, -0.2) is 15.0 Å². The maximum Gasteiger partial charge on any atom is 0.148 e. The van der Waals surface area contributed by atoms with Crippen molar-refractivity contribution < 1.29 is 4.74 Å². The smallest absolute Gasteiger partial charge is 0.148 e. The van der Waals surface area contributed by atoms with Gasteiger partial charge in [-0.1, -0.05) is 46.9 Å². The molecular weight excluding hydrogens is 459 g/mol. The Morgan fingerprint density at radius 3 is 2.58 bits per heavy atom. The number of para-hydroxylation sites is 1. The van der Waals surface area contributed by atoms with E-state index in [1.54, 1.807) is 12.5 Å². The molecule has 0 aliphatic carbocycles. The molecule has 0 bridgehead atoms. The molecule has 10 heteroatoms. The van der Waals surface area contributed by atoms with Crippen molar-refractivity contribution in [2.24, 2.45) is 11.5 Å². The Labute approximate surface area is 194 Å². The Morgan fingerprint density at radius 2 is 1.90 bits per heavy atom. The van der Waals surface area contributed by atoms with E-state index < -0.39 is 0 Å². The van der Waals surface area contributed by atoms with Crippen LogP contribution in [-0.2, 0) is 6.61 Å². The minimum Gasteiger partial charge on any atom is -0.487 e. The fourth-order valence-electron chi connectivity index (χ4n) is 2.82. The van der Waals surface area contributed by atoms with Crippen LogP contribution < -0.4 is 16.2 Å². The highest BCUT2D eigenvalue weighted by molar-refractivity contribution is 6.43. The van der Waals surface area contributed by atoms with E-state index in [9.17, 15) is 0 Å². The largest absolute Gasteiger partial charge is 0.487 e. The van der Waals surface area contributed by atoms with Crippen molar-refractivity contribution in [2.75, 3.05) is 13.1 Å². The van der Waals surface area contributed by atoms with Crippen LogP contribution in [0.2, 0.25) is 15.2 Å². The van der Waals surface area contributed by atoms with E-state index in [4.69, 9.17) is 51.0 Å². The van der Waals surface area contributed by atoms with Gasteiger partial charge >= 0.3 is 0 Å². The molecule has 31 heavy (non-hydrogen) atoms. The summed E-state index contributed by atoms with van der Waals surface area (Å²) in [6.45, 7) is 3.28. The molecule has 0 saturated heterocycles. The monoisotopic (exact) mass is 478 g/mol. The number of aromatic nitrogens is 4. The fraction of sp³-hybridized carbons (Fsp3) is 0.190. The number of ether oxygens (including phenoxy) is 1. The van der Waals surface area contributed by atoms with Gasteiger partial charge in [0.25, 0.3) is 0 Å². The molecule has 0 atom stereocenters. The molecule has 162 valence electrons. The highest BCUT2D eigenvalue weighted by atomic mass is 35.5. The lowest BCUT2D eigenvalue weighted by molar-refractivity contribution is 0.309. The second-order valence-electron chi connectivity index (χ2n) is 6.46. The average molecular weight is 480 g/mol. The first kappa shape index (κ1) is 23.2. The van der Waals surface area contributed by atoms with Crippen LogP contribution in [0.4, 0.5) is 0 Å². The summed E-state index contributed by atoms with van der Waals surface area (Å²) in [5.74, 6) is 0.623. The van der Waals surface area contributed by atoms with Gasteiger partial charge in [0.15, 0.2) is 0 Å². The Morgan fingerprint density at radius 1 is 1.13 bits per heavy atom. The summed E-state index contributed by atoms with van der Waals surface area (Å²) in [4.78, 5) is 12.7. The van der Waals surface area contributed by atoms with Crippen molar-refractivity contribution in [1.82, 2.24) is 19.5 Å². The van der Waals surface area contributed by atoms with Gasteiger partial charge in [0, 0.05) is 48.3 Å². The number of benzene rings is 1. The average Bonchev–Trinajstić information content (AvgIpc) is 3.31. The van der Waals surface area contributed by atoms with E-state index in [2.05, 4.69) is 15.0 Å². The molecule has 0 radical (unpaired) electrons. The van der Waals surface area contributed by atoms with Crippen molar-refractivity contribution in [3.8, 4) is 11.4 Å². The summed E-state index contributed by atoms with van der Waals surface area (Å²) >= 11 is 18.4. The maximum absolute atomic E-state index is 6.22. The Bertz CT molecular complexity index is 1170. The quantitative estimate of drug-likeness (QED) is 0.406. The molecule has 1 aromatic carbocycles. The number of rotatable bonds is 5. The van der Waals surface area contributed by atoms with Gasteiger partial charge < -0.3 is 20.8 Å². The molecule has 3 heterocycles. The highest BCUT2D eigenvalue weighted by Crippen LogP contribution is 2.33. The first-order valence-corrected chi connectivity index (χ1v) is 10.5. The van der Waals surface area contributed by atoms with E-state index in [1.807, 2.05) is 42.0 Å². The molecule has 4 rings (SSSR count). The zero-order valence-corrected chi connectivity index (χ0v) is 19.0. The lowest BCUT2D eigenvalue weighted by atomic mass is 10.1. The van der Waals surface area contributed by atoms with Gasteiger partial charge in [0.1, 0.15) is 23.0 Å². The van der Waals surface area contributed by atoms with Crippen molar-refractivity contribution in [3.05, 3.63) is 75.6 Å². The summed E-state index contributed by atoms with van der Waals surface area (Å²) < 4.78 is 7.95. The topological polar surface area (TPSA) is 105 Å². The zero-order chi connectivity index (χ0) is 22.4. The number of aryl methyl sites for hydroxylation is 1. The Kier molecular flexibility index (Phi) is 8.06. The molecule has 0 aliphatic rings. The molecule has 4 N–H and O–H groups in total. The summed E-state index contributed by atoms with van der Waals surface area (Å²) in [6, 6.07) is 7.77. The number of imidazole rings is 1. The minimum absolute atomic E-state index is 0.148. The number of hydrogen-bond acceptors (Lipinski definition) is 6. The van der Waals surface area contributed by atoms with Crippen molar-refractivity contribution in [2.45, 2.75) is 13.5 Å². The highest BCUT2D eigenvalue weighted by Gasteiger charge is 2.14. The molecule has 0 fully saturated rings. The second kappa shape index (κ2) is 10.7. The number of halogens is 3. The number of nitrogens with two attached hydrogens (primary N) is 2. The van der Waals surface area contributed by atoms with E-state index >= 15 is 0 Å². The number of fused-ring (bicyclic) bond motifs is 1. The van der Waals surface area contributed by atoms with Crippen molar-refractivity contribution >= 4 is 45.7 Å². The lowest BCUT2D eigenvalue weighted by Gasteiger charge is -2.14. The van der Waals surface area contributed by atoms with Crippen LogP contribution >= 0.6 is 34.8 Å². The van der Waals surface area contributed by atoms with Crippen LogP contribution in [0.3, 0.4) is 0 Å². The van der Waals surface area contributed by atoms with Crippen LogP contribution in [0.5, 0.6) is 5.75 Å². The van der Waals surface area contributed by atoms with Gasteiger partial charge in [0.2, 0.25) is 0 Å². The molecule has 0 aliphatic heterocycles. The predicted octanol–water partition coefficient (Wildman–Crippen LogP) is 4.57. The predicted molar refractivity (Wildman–Crippen MR) is 125 cm³/mol. The second-order valence-corrected chi connectivity index (χ2v) is 7.60. The standard InChI is InChI=1S/C19H13Cl3N4O.C2H8N2/c1-11-7-15(26-6-5-23-10-26)12-3-2-4-16(18(12)25-11)27-9-13-14(20)8-24-19(22)17(13)21;3-1-2-4/h2-8,10H,9H2,1H3;1-4H2. The lowest BCUT2D eigenvalue weighted by Crippen LogP contribution is -2.11. The molecule has 4 aromatic rings. The van der Waals surface area contributed by atoms with E-state index in [-0.39, 0.29) is 16.8 Å². The molecule has 0 spiro atoms. The Hall–Kier alpha value is -2.42. The maximum atomic E-state index is 6.22. The van der Waals surface area contributed by atoms with Crippen LogP contribution in [-0.4, -0.2) is 32.6 Å². The molecule has 0 saturated carbocycles. The number of hydrogen-bond donors (Lipinski definition) is 2. The normalized spacial score (nSPS) is 10.6. The third kappa shape index (κ3) is 5.44. The molecule has 3 aromatic heterocycles. The molecule has 7 nitrogen and oxygen atoms in total. The van der Waals surface area contributed by atoms with E-state index in [0.717, 1.165) is 22.3 Å². The van der Waals surface area contributed by atoms with Crippen molar-refractivity contribution in [1.29, 1.82) is 0 Å². The first-order valence-electron chi connectivity index (χ1n) is 9.36. The minimum atomic E-state index is 0.148. The summed E-state index contributed by atoms with van der Waals surface area (Å²) in [5, 5.41) is 1.82. The van der Waals surface area contributed by atoms with E-state index in [1.165, 1.54) is 6.20 Å². The fourth-order valence-corrected chi connectivity index (χ4v) is 3.43. The van der Waals surface area contributed by atoms with Gasteiger partial charge in [0.05, 0.1) is 22.1 Å². The number of nitrogens with zero attached hydrogens (tertiary/aromatic N) is 4. The molecule has 0 unspecified atom stereocenters. The van der Waals surface area contributed by atoms with Gasteiger partial charge in [-0.3, -0.25) is 0 Å². The number of pyridine rings is 2. The Balaban J connectivity index is 0.000000628. The zero-order valence-electron chi connectivity index (χ0n) is 16.7. The van der Waals surface area contributed by atoms with Crippen molar-refractivity contribution in [3.63, 3.8) is 0 Å². The van der Waals surface area contributed by atoms with Gasteiger partial charge in [-0.15, -0.1) is 0 Å². The third-order valence-electron chi connectivity index (χ3n) is 4.26. The SMILES string of the molecule is Cc1cc(-n2ccnc2)c2cccc(OCc3c(Cl)cnc(Cl)c3Cl)c2n1.NCCN. The summed E-state index contributed by atoms with van der Waals surface area (Å²) in [5.41, 5.74) is 13.0. The first-order chi connectivity index (χ1) is 15.0. The van der Waals surface area contributed by atoms with Gasteiger partial charge in [-0.2, -0.15) is 0 Å². The molecule has 0 amide bonds. The van der Waals surface area contributed by atoms with Crippen LogP contribution in [0.1, 0.15) is 11.3 Å². The van der Waals surface area contributed by atoms with Crippen LogP contribution in [0.25, 0.3) is 16.6 Å². The van der Waals surface area contributed by atoms with Gasteiger partial charge in [-0.05, 0) is 19.1 Å².